The van der Waals surface area contributed by atoms with Gasteiger partial charge in [-0.1, -0.05) is 0 Å². The average molecular weight is 219 g/mol. The van der Waals surface area contributed by atoms with Crippen molar-refractivity contribution >= 4 is 5.97 Å². The fourth-order valence-electron chi connectivity index (χ4n) is 1.28. The minimum Gasteiger partial charge on any atom is -0.454 e. The second kappa shape index (κ2) is 4.11. The van der Waals surface area contributed by atoms with Crippen molar-refractivity contribution in [1.29, 1.82) is 5.26 Å². The van der Waals surface area contributed by atoms with Crippen molar-refractivity contribution in [2.45, 2.75) is 13.0 Å². The summed E-state index contributed by atoms with van der Waals surface area (Å²) in [6, 6.07) is 6.56. The number of nitrogens with zero attached hydrogens (tertiary/aromatic N) is 1. The van der Waals surface area contributed by atoms with E-state index in [9.17, 15) is 4.79 Å². The van der Waals surface area contributed by atoms with E-state index in [4.69, 9.17) is 19.5 Å². The molecule has 1 aliphatic heterocycles. The monoisotopic (exact) mass is 219 g/mol. The van der Waals surface area contributed by atoms with Crippen LogP contribution < -0.4 is 9.47 Å². The Morgan fingerprint density at radius 3 is 3.00 bits per heavy atom. The normalized spacial score (nSPS) is 14.0. The fourth-order valence-corrected chi connectivity index (χ4v) is 1.28. The van der Waals surface area contributed by atoms with Crippen LogP contribution >= 0.6 is 0 Å². The van der Waals surface area contributed by atoms with Crippen LogP contribution in [0.1, 0.15) is 17.3 Å². The van der Waals surface area contributed by atoms with Crippen LogP contribution in [-0.4, -0.2) is 18.9 Å². The first kappa shape index (κ1) is 10.3. The molecule has 1 heterocycles. The number of fused-ring (bicyclic) bond motifs is 1. The van der Waals surface area contributed by atoms with E-state index in [1.165, 1.54) is 13.0 Å². The van der Waals surface area contributed by atoms with Crippen molar-refractivity contribution in [3.05, 3.63) is 23.8 Å². The fraction of sp³-hybridized carbons (Fsp3) is 0.273. The summed E-state index contributed by atoms with van der Waals surface area (Å²) in [6.07, 6.45) is -0.766. The zero-order valence-corrected chi connectivity index (χ0v) is 8.60. The van der Waals surface area contributed by atoms with Crippen LogP contribution in [0, 0.1) is 11.3 Å². The van der Waals surface area contributed by atoms with Crippen LogP contribution in [0.5, 0.6) is 11.5 Å². The average Bonchev–Trinajstić information content (AvgIpc) is 2.75. The highest BCUT2D eigenvalue weighted by molar-refractivity contribution is 5.90. The highest BCUT2D eigenvalue weighted by Crippen LogP contribution is 2.32. The van der Waals surface area contributed by atoms with E-state index >= 15 is 0 Å². The molecule has 0 amide bonds. The zero-order chi connectivity index (χ0) is 11.5. The summed E-state index contributed by atoms with van der Waals surface area (Å²) in [6.45, 7) is 1.66. The zero-order valence-electron chi connectivity index (χ0n) is 8.60. The predicted octanol–water partition coefficient (Wildman–Crippen LogP) is 1.48. The summed E-state index contributed by atoms with van der Waals surface area (Å²) in [7, 11) is 0. The molecule has 0 spiro atoms. The molecule has 0 bridgehead atoms. The van der Waals surface area contributed by atoms with E-state index in [1.807, 2.05) is 6.07 Å². The summed E-state index contributed by atoms with van der Waals surface area (Å²) in [5.74, 6) is 0.566. The van der Waals surface area contributed by atoms with Gasteiger partial charge in [-0.3, -0.25) is 0 Å². The molecule has 1 atom stereocenters. The summed E-state index contributed by atoms with van der Waals surface area (Å²) < 4.78 is 15.1. The Kier molecular flexibility index (Phi) is 2.64. The largest absolute Gasteiger partial charge is 0.454 e. The van der Waals surface area contributed by atoms with Gasteiger partial charge in [0.25, 0.3) is 0 Å². The van der Waals surface area contributed by atoms with Crippen molar-refractivity contribution in [1.82, 2.24) is 0 Å². The molecule has 5 heteroatoms. The third kappa shape index (κ3) is 1.91. The van der Waals surface area contributed by atoms with E-state index in [0.717, 1.165) is 0 Å². The molecule has 1 aromatic rings. The highest BCUT2D eigenvalue weighted by Gasteiger charge is 2.18. The van der Waals surface area contributed by atoms with Crippen molar-refractivity contribution in [2.75, 3.05) is 6.79 Å². The Bertz CT molecular complexity index is 464. The maximum Gasteiger partial charge on any atom is 0.339 e. The van der Waals surface area contributed by atoms with Crippen LogP contribution in [0.3, 0.4) is 0 Å². The molecule has 0 unspecified atom stereocenters. The number of nitriles is 1. The van der Waals surface area contributed by atoms with Gasteiger partial charge in [-0.2, -0.15) is 5.26 Å². The molecule has 16 heavy (non-hydrogen) atoms. The van der Waals surface area contributed by atoms with Gasteiger partial charge in [0, 0.05) is 0 Å². The Labute approximate surface area is 92.1 Å². The molecule has 0 radical (unpaired) electrons. The third-order valence-corrected chi connectivity index (χ3v) is 2.07. The van der Waals surface area contributed by atoms with Gasteiger partial charge in [0.15, 0.2) is 17.6 Å². The first-order valence-electron chi connectivity index (χ1n) is 4.71. The lowest BCUT2D eigenvalue weighted by Gasteiger charge is -2.06. The minimum atomic E-state index is -0.766. The Morgan fingerprint density at radius 1 is 1.50 bits per heavy atom. The molecular weight excluding hydrogens is 210 g/mol. The lowest BCUT2D eigenvalue weighted by Crippen LogP contribution is -2.12. The Balaban J connectivity index is 2.16. The number of hydrogen-bond acceptors (Lipinski definition) is 5. The molecule has 1 aromatic carbocycles. The van der Waals surface area contributed by atoms with Crippen LogP contribution in [0.2, 0.25) is 0 Å². The van der Waals surface area contributed by atoms with Gasteiger partial charge in [-0.15, -0.1) is 0 Å². The molecule has 0 saturated heterocycles. The number of esters is 1. The topological polar surface area (TPSA) is 68.5 Å². The minimum absolute atomic E-state index is 0.155. The SMILES string of the molecule is C[C@H](C#N)OC(=O)c1ccc2c(c1)OCO2. The van der Waals surface area contributed by atoms with Gasteiger partial charge < -0.3 is 14.2 Å². The van der Waals surface area contributed by atoms with Crippen LogP contribution in [0.25, 0.3) is 0 Å². The summed E-state index contributed by atoms with van der Waals surface area (Å²) in [5.41, 5.74) is 0.339. The molecule has 0 fully saturated rings. The third-order valence-electron chi connectivity index (χ3n) is 2.07. The van der Waals surface area contributed by atoms with Crippen molar-refractivity contribution in [2.24, 2.45) is 0 Å². The van der Waals surface area contributed by atoms with Crippen LogP contribution in [0.15, 0.2) is 18.2 Å². The van der Waals surface area contributed by atoms with Gasteiger partial charge in [-0.25, -0.2) is 4.79 Å². The molecule has 0 aliphatic carbocycles. The predicted molar refractivity (Wildman–Crippen MR) is 53.1 cm³/mol. The van der Waals surface area contributed by atoms with E-state index in [2.05, 4.69) is 0 Å². The molecule has 2 rings (SSSR count). The van der Waals surface area contributed by atoms with Gasteiger partial charge in [0.1, 0.15) is 6.07 Å². The standard InChI is InChI=1S/C11H9NO4/c1-7(5-12)16-11(13)8-2-3-9-10(4-8)15-6-14-9/h2-4,7H,6H2,1H3/t7-/m1/s1. The molecular formula is C11H9NO4. The van der Waals surface area contributed by atoms with Crippen molar-refractivity contribution in [3.8, 4) is 17.6 Å². The molecule has 82 valence electrons. The quantitative estimate of drug-likeness (QED) is 0.705. The molecule has 0 aromatic heterocycles. The number of hydrogen-bond donors (Lipinski definition) is 0. The molecule has 0 N–H and O–H groups in total. The van der Waals surface area contributed by atoms with E-state index in [-0.39, 0.29) is 6.79 Å². The maximum absolute atomic E-state index is 11.5. The number of carbonyl (C=O) groups excluding carboxylic acids is 1. The summed E-state index contributed by atoms with van der Waals surface area (Å²) in [5, 5.41) is 8.51. The maximum atomic E-state index is 11.5. The Hall–Kier alpha value is -2.22. The van der Waals surface area contributed by atoms with Gasteiger partial charge in [0.2, 0.25) is 6.79 Å². The van der Waals surface area contributed by atoms with Crippen molar-refractivity contribution in [3.63, 3.8) is 0 Å². The lowest BCUT2D eigenvalue weighted by atomic mass is 10.2. The Morgan fingerprint density at radius 2 is 2.25 bits per heavy atom. The van der Waals surface area contributed by atoms with Crippen molar-refractivity contribution < 1.29 is 19.0 Å². The number of carbonyl (C=O) groups is 1. The lowest BCUT2D eigenvalue weighted by molar-refractivity contribution is 0.0435. The molecule has 5 nitrogen and oxygen atoms in total. The first-order valence-corrected chi connectivity index (χ1v) is 4.71. The summed E-state index contributed by atoms with van der Waals surface area (Å²) in [4.78, 5) is 11.5. The second-order valence-electron chi connectivity index (χ2n) is 3.24. The number of rotatable bonds is 2. The smallest absolute Gasteiger partial charge is 0.339 e. The highest BCUT2D eigenvalue weighted by atomic mass is 16.7. The van der Waals surface area contributed by atoms with E-state index in [1.54, 1.807) is 12.1 Å². The van der Waals surface area contributed by atoms with Crippen LogP contribution in [0.4, 0.5) is 0 Å². The second-order valence-corrected chi connectivity index (χ2v) is 3.24. The summed E-state index contributed by atoms with van der Waals surface area (Å²) >= 11 is 0. The van der Waals surface area contributed by atoms with E-state index < -0.39 is 12.1 Å². The van der Waals surface area contributed by atoms with Gasteiger partial charge >= 0.3 is 5.97 Å². The molecule has 1 aliphatic rings. The van der Waals surface area contributed by atoms with Gasteiger partial charge in [0.05, 0.1) is 5.56 Å². The molecule has 0 saturated carbocycles. The number of benzene rings is 1. The van der Waals surface area contributed by atoms with Crippen LogP contribution in [-0.2, 0) is 4.74 Å². The number of ether oxygens (including phenoxy) is 3. The van der Waals surface area contributed by atoms with E-state index in [0.29, 0.717) is 17.1 Å². The first-order chi connectivity index (χ1) is 7.70. The van der Waals surface area contributed by atoms with Gasteiger partial charge in [-0.05, 0) is 25.1 Å².